The standard InChI is InChI=1S/C21H26N2O2/c24-21(18-12-14-22-15-13-18)23-19-10-4-5-11-20(19)25-16-6-9-17-7-2-1-3-8-17/h1-5,7-8,10-11,18,22H,6,9,12-16H2,(H,23,24). The third kappa shape index (κ3) is 5.33. The van der Waals surface area contributed by atoms with Crippen LogP contribution in [-0.4, -0.2) is 25.6 Å². The number of para-hydroxylation sites is 2. The minimum absolute atomic E-state index is 0.0902. The number of carbonyl (C=O) groups excluding carboxylic acids is 1. The second-order valence-corrected chi connectivity index (χ2v) is 6.45. The summed E-state index contributed by atoms with van der Waals surface area (Å²) in [5.74, 6) is 0.937. The Bertz CT molecular complexity index is 667. The molecule has 1 aliphatic heterocycles. The molecule has 0 saturated carbocycles. The molecule has 132 valence electrons. The van der Waals surface area contributed by atoms with Crippen molar-refractivity contribution in [1.82, 2.24) is 5.32 Å². The molecule has 1 saturated heterocycles. The van der Waals surface area contributed by atoms with Gasteiger partial charge in [0.15, 0.2) is 0 Å². The molecule has 1 fully saturated rings. The second-order valence-electron chi connectivity index (χ2n) is 6.45. The number of amides is 1. The highest BCUT2D eigenvalue weighted by atomic mass is 16.5. The lowest BCUT2D eigenvalue weighted by Crippen LogP contribution is -2.34. The molecule has 1 aliphatic rings. The Morgan fingerprint density at radius 1 is 1.04 bits per heavy atom. The Hall–Kier alpha value is -2.33. The van der Waals surface area contributed by atoms with Crippen molar-refractivity contribution < 1.29 is 9.53 Å². The van der Waals surface area contributed by atoms with Gasteiger partial charge < -0.3 is 15.4 Å². The summed E-state index contributed by atoms with van der Waals surface area (Å²) in [4.78, 5) is 12.4. The summed E-state index contributed by atoms with van der Waals surface area (Å²) >= 11 is 0. The summed E-state index contributed by atoms with van der Waals surface area (Å²) in [6.07, 6.45) is 3.73. The van der Waals surface area contributed by atoms with Gasteiger partial charge in [-0.15, -0.1) is 0 Å². The van der Waals surface area contributed by atoms with Crippen molar-refractivity contribution in [2.45, 2.75) is 25.7 Å². The van der Waals surface area contributed by atoms with E-state index in [2.05, 4.69) is 34.9 Å². The first kappa shape index (κ1) is 17.5. The molecule has 0 bridgehead atoms. The fourth-order valence-electron chi connectivity index (χ4n) is 3.12. The van der Waals surface area contributed by atoms with Crippen molar-refractivity contribution in [3.8, 4) is 5.75 Å². The maximum absolute atomic E-state index is 12.4. The molecule has 25 heavy (non-hydrogen) atoms. The Labute approximate surface area is 149 Å². The largest absolute Gasteiger partial charge is 0.491 e. The fourth-order valence-corrected chi connectivity index (χ4v) is 3.12. The van der Waals surface area contributed by atoms with Crippen LogP contribution in [0.4, 0.5) is 5.69 Å². The number of anilines is 1. The third-order valence-corrected chi connectivity index (χ3v) is 4.57. The van der Waals surface area contributed by atoms with Crippen LogP contribution in [0.2, 0.25) is 0 Å². The molecule has 0 aliphatic carbocycles. The number of hydrogen-bond acceptors (Lipinski definition) is 3. The van der Waals surface area contributed by atoms with Crippen molar-refractivity contribution in [3.63, 3.8) is 0 Å². The van der Waals surface area contributed by atoms with E-state index in [9.17, 15) is 4.79 Å². The summed E-state index contributed by atoms with van der Waals surface area (Å²) in [5.41, 5.74) is 2.09. The molecule has 4 heteroatoms. The first-order chi connectivity index (χ1) is 12.3. The van der Waals surface area contributed by atoms with E-state index < -0.39 is 0 Å². The van der Waals surface area contributed by atoms with Gasteiger partial charge in [0.1, 0.15) is 5.75 Å². The lowest BCUT2D eigenvalue weighted by Gasteiger charge is -2.22. The van der Waals surface area contributed by atoms with Crippen LogP contribution < -0.4 is 15.4 Å². The molecule has 1 amide bonds. The van der Waals surface area contributed by atoms with E-state index in [1.54, 1.807) is 0 Å². The summed E-state index contributed by atoms with van der Waals surface area (Å²) in [5, 5.41) is 6.34. The number of aryl methyl sites for hydroxylation is 1. The number of rotatable bonds is 7. The number of nitrogens with one attached hydrogen (secondary N) is 2. The van der Waals surface area contributed by atoms with Gasteiger partial charge in [0, 0.05) is 5.92 Å². The predicted molar refractivity (Wildman–Crippen MR) is 101 cm³/mol. The van der Waals surface area contributed by atoms with Gasteiger partial charge in [-0.1, -0.05) is 42.5 Å². The van der Waals surface area contributed by atoms with Gasteiger partial charge in [-0.3, -0.25) is 4.79 Å². The van der Waals surface area contributed by atoms with Crippen molar-refractivity contribution in [1.29, 1.82) is 0 Å². The quantitative estimate of drug-likeness (QED) is 0.758. The Kier molecular flexibility index (Phi) is 6.46. The van der Waals surface area contributed by atoms with Gasteiger partial charge in [-0.05, 0) is 56.5 Å². The number of benzene rings is 2. The Balaban J connectivity index is 1.50. The van der Waals surface area contributed by atoms with Gasteiger partial charge in [0.2, 0.25) is 5.91 Å². The first-order valence-electron chi connectivity index (χ1n) is 9.10. The molecule has 0 aromatic heterocycles. The highest BCUT2D eigenvalue weighted by Gasteiger charge is 2.21. The number of ether oxygens (including phenoxy) is 1. The average molecular weight is 338 g/mol. The van der Waals surface area contributed by atoms with Crippen LogP contribution >= 0.6 is 0 Å². The maximum atomic E-state index is 12.4. The van der Waals surface area contributed by atoms with Crippen molar-refractivity contribution >= 4 is 11.6 Å². The van der Waals surface area contributed by atoms with Gasteiger partial charge in [0.25, 0.3) is 0 Å². The highest BCUT2D eigenvalue weighted by Crippen LogP contribution is 2.25. The summed E-state index contributed by atoms with van der Waals surface area (Å²) in [6.45, 7) is 2.46. The van der Waals surface area contributed by atoms with Gasteiger partial charge in [0.05, 0.1) is 12.3 Å². The lowest BCUT2D eigenvalue weighted by molar-refractivity contribution is -0.120. The van der Waals surface area contributed by atoms with E-state index in [4.69, 9.17) is 4.74 Å². The van der Waals surface area contributed by atoms with Crippen LogP contribution in [0.15, 0.2) is 54.6 Å². The molecule has 2 aromatic carbocycles. The number of carbonyl (C=O) groups is 1. The highest BCUT2D eigenvalue weighted by molar-refractivity contribution is 5.94. The molecule has 0 atom stereocenters. The normalized spacial score (nSPS) is 14.9. The average Bonchev–Trinajstić information content (AvgIpc) is 2.68. The molecule has 0 spiro atoms. The fraction of sp³-hybridized carbons (Fsp3) is 0.381. The van der Waals surface area contributed by atoms with Gasteiger partial charge >= 0.3 is 0 Å². The molecule has 4 nitrogen and oxygen atoms in total. The van der Waals surface area contributed by atoms with Crippen molar-refractivity contribution in [2.24, 2.45) is 5.92 Å². The summed E-state index contributed by atoms with van der Waals surface area (Å²) in [6, 6.07) is 18.1. The molecule has 0 unspecified atom stereocenters. The monoisotopic (exact) mass is 338 g/mol. The summed E-state index contributed by atoms with van der Waals surface area (Å²) in [7, 11) is 0. The topological polar surface area (TPSA) is 50.4 Å². The van der Waals surface area contributed by atoms with Crippen LogP contribution in [0.1, 0.15) is 24.8 Å². The molecule has 1 heterocycles. The smallest absolute Gasteiger partial charge is 0.227 e. The first-order valence-corrected chi connectivity index (χ1v) is 9.10. The minimum atomic E-state index is 0.0902. The van der Waals surface area contributed by atoms with Crippen molar-refractivity contribution in [3.05, 3.63) is 60.2 Å². The number of piperidine rings is 1. The van der Waals surface area contributed by atoms with E-state index in [1.165, 1.54) is 5.56 Å². The van der Waals surface area contributed by atoms with Crippen molar-refractivity contribution in [2.75, 3.05) is 25.0 Å². The third-order valence-electron chi connectivity index (χ3n) is 4.57. The predicted octanol–water partition coefficient (Wildman–Crippen LogP) is 3.64. The van der Waals surface area contributed by atoms with Crippen LogP contribution in [0.3, 0.4) is 0 Å². The van der Waals surface area contributed by atoms with E-state index in [-0.39, 0.29) is 11.8 Å². The van der Waals surface area contributed by atoms with Crippen LogP contribution in [0, 0.1) is 5.92 Å². The number of hydrogen-bond donors (Lipinski definition) is 2. The molecule has 3 rings (SSSR count). The van der Waals surface area contributed by atoms with Gasteiger partial charge in [-0.2, -0.15) is 0 Å². The lowest BCUT2D eigenvalue weighted by atomic mass is 9.97. The zero-order valence-corrected chi connectivity index (χ0v) is 14.5. The SMILES string of the molecule is O=C(Nc1ccccc1OCCCc1ccccc1)C1CCNCC1. The van der Waals surface area contributed by atoms with Crippen LogP contribution in [0.5, 0.6) is 5.75 Å². The van der Waals surface area contributed by atoms with E-state index in [1.807, 2.05) is 30.3 Å². The van der Waals surface area contributed by atoms with Gasteiger partial charge in [-0.25, -0.2) is 0 Å². The molecular formula is C21H26N2O2. The Morgan fingerprint density at radius 3 is 2.56 bits per heavy atom. The van der Waals surface area contributed by atoms with Crippen LogP contribution in [-0.2, 0) is 11.2 Å². The van der Waals surface area contributed by atoms with E-state index in [0.717, 1.165) is 50.2 Å². The zero-order valence-electron chi connectivity index (χ0n) is 14.5. The van der Waals surface area contributed by atoms with Crippen LogP contribution in [0.25, 0.3) is 0 Å². The summed E-state index contributed by atoms with van der Waals surface area (Å²) < 4.78 is 5.92. The van der Waals surface area contributed by atoms with E-state index >= 15 is 0 Å². The molecular weight excluding hydrogens is 312 g/mol. The molecule has 2 N–H and O–H groups in total. The second kappa shape index (κ2) is 9.23. The molecule has 0 radical (unpaired) electrons. The zero-order chi connectivity index (χ0) is 17.3. The minimum Gasteiger partial charge on any atom is -0.491 e. The maximum Gasteiger partial charge on any atom is 0.227 e. The molecule has 2 aromatic rings. The Morgan fingerprint density at radius 2 is 1.76 bits per heavy atom. The van der Waals surface area contributed by atoms with E-state index in [0.29, 0.717) is 6.61 Å².